The van der Waals surface area contributed by atoms with Gasteiger partial charge in [0.25, 0.3) is 0 Å². The standard InChI is InChI=1S/C18H23BFNO3/c1-7-14(20)15(8-2)22-16-10-9-12(21)11-13(16)19-23-17(3,4)18(5,6)24-19/h7-11H,1-2,21H2,3-6H3/b15-14-. The normalized spacial score (nSPS) is 19.6. The number of benzene rings is 1. The fourth-order valence-electron chi connectivity index (χ4n) is 2.22. The number of allylic oxidation sites excluding steroid dienone is 3. The van der Waals surface area contributed by atoms with Crippen LogP contribution in [-0.4, -0.2) is 18.3 Å². The number of hydrogen-bond acceptors (Lipinski definition) is 4. The molecule has 24 heavy (non-hydrogen) atoms. The molecule has 0 unspecified atom stereocenters. The van der Waals surface area contributed by atoms with Crippen molar-refractivity contribution in [2.24, 2.45) is 0 Å². The molecular formula is C18H23BFNO3. The van der Waals surface area contributed by atoms with E-state index in [0.29, 0.717) is 16.9 Å². The molecule has 1 aromatic rings. The lowest BCUT2D eigenvalue weighted by Crippen LogP contribution is -2.41. The summed E-state index contributed by atoms with van der Waals surface area (Å²) in [6, 6.07) is 5.01. The summed E-state index contributed by atoms with van der Waals surface area (Å²) in [5, 5.41) is 0. The minimum Gasteiger partial charge on any atom is -0.455 e. The molecular weight excluding hydrogens is 308 g/mol. The quantitative estimate of drug-likeness (QED) is 0.388. The fraction of sp³-hybridized carbons (Fsp3) is 0.333. The molecule has 0 bridgehead atoms. The van der Waals surface area contributed by atoms with Gasteiger partial charge < -0.3 is 19.8 Å². The smallest absolute Gasteiger partial charge is 0.455 e. The molecule has 0 aromatic heterocycles. The van der Waals surface area contributed by atoms with Gasteiger partial charge in [-0.1, -0.05) is 13.2 Å². The first kappa shape index (κ1) is 18.3. The van der Waals surface area contributed by atoms with Gasteiger partial charge in [0.15, 0.2) is 11.6 Å². The third-order valence-corrected chi connectivity index (χ3v) is 4.36. The van der Waals surface area contributed by atoms with Crippen molar-refractivity contribution in [2.45, 2.75) is 38.9 Å². The molecule has 1 saturated heterocycles. The van der Waals surface area contributed by atoms with E-state index < -0.39 is 24.1 Å². The van der Waals surface area contributed by atoms with Crippen LogP contribution in [0.15, 0.2) is 55.1 Å². The number of anilines is 1. The zero-order chi connectivity index (χ0) is 18.1. The predicted octanol–water partition coefficient (Wildman–Crippen LogP) is 3.50. The Bertz CT molecular complexity index is 682. The van der Waals surface area contributed by atoms with Crippen molar-refractivity contribution >= 4 is 18.3 Å². The highest BCUT2D eigenvalue weighted by Crippen LogP contribution is 2.37. The second kappa shape index (κ2) is 6.45. The van der Waals surface area contributed by atoms with Gasteiger partial charge >= 0.3 is 7.12 Å². The maximum atomic E-state index is 13.8. The molecule has 1 fully saturated rings. The highest BCUT2D eigenvalue weighted by Gasteiger charge is 2.52. The Morgan fingerprint density at radius 3 is 2.25 bits per heavy atom. The molecule has 0 aliphatic carbocycles. The molecule has 0 atom stereocenters. The van der Waals surface area contributed by atoms with Gasteiger partial charge in [-0.2, -0.15) is 0 Å². The number of ether oxygens (including phenoxy) is 1. The van der Waals surface area contributed by atoms with Crippen LogP contribution in [0.3, 0.4) is 0 Å². The highest BCUT2D eigenvalue weighted by molar-refractivity contribution is 6.63. The van der Waals surface area contributed by atoms with Gasteiger partial charge in [-0.05, 0) is 58.0 Å². The van der Waals surface area contributed by atoms with Crippen molar-refractivity contribution in [3.63, 3.8) is 0 Å². The maximum Gasteiger partial charge on any atom is 0.498 e. The fourth-order valence-corrected chi connectivity index (χ4v) is 2.22. The number of halogens is 1. The van der Waals surface area contributed by atoms with Crippen LogP contribution in [-0.2, 0) is 9.31 Å². The van der Waals surface area contributed by atoms with Crippen molar-refractivity contribution in [3.05, 3.63) is 55.1 Å². The first-order valence-electron chi connectivity index (χ1n) is 7.69. The van der Waals surface area contributed by atoms with Gasteiger partial charge in [0.2, 0.25) is 0 Å². The number of rotatable bonds is 5. The Morgan fingerprint density at radius 2 is 1.75 bits per heavy atom. The van der Waals surface area contributed by atoms with Crippen LogP contribution < -0.4 is 15.9 Å². The molecule has 1 aliphatic heterocycles. The Hall–Kier alpha value is -2.05. The van der Waals surface area contributed by atoms with Gasteiger partial charge in [0.05, 0.1) is 11.2 Å². The van der Waals surface area contributed by atoms with Crippen molar-refractivity contribution in [3.8, 4) is 5.75 Å². The van der Waals surface area contributed by atoms with Gasteiger partial charge in [-0.3, -0.25) is 0 Å². The highest BCUT2D eigenvalue weighted by atomic mass is 19.1. The molecule has 4 nitrogen and oxygen atoms in total. The lowest BCUT2D eigenvalue weighted by Gasteiger charge is -2.32. The summed E-state index contributed by atoms with van der Waals surface area (Å²) in [5.41, 5.74) is 5.98. The van der Waals surface area contributed by atoms with Crippen molar-refractivity contribution in [1.29, 1.82) is 0 Å². The van der Waals surface area contributed by atoms with E-state index in [1.807, 2.05) is 27.7 Å². The molecule has 2 rings (SSSR count). The van der Waals surface area contributed by atoms with Gasteiger partial charge in [-0.15, -0.1) is 0 Å². The second-order valence-electron chi connectivity index (χ2n) is 6.61. The molecule has 1 aliphatic rings. The van der Waals surface area contributed by atoms with Gasteiger partial charge in [0, 0.05) is 11.2 Å². The van der Waals surface area contributed by atoms with Gasteiger partial charge in [0.1, 0.15) is 5.75 Å². The molecule has 0 spiro atoms. The average Bonchev–Trinajstić information content (AvgIpc) is 2.73. The number of nitrogens with two attached hydrogens (primary N) is 1. The Morgan fingerprint density at radius 1 is 1.17 bits per heavy atom. The summed E-state index contributed by atoms with van der Waals surface area (Å²) < 4.78 is 31.5. The third kappa shape index (κ3) is 3.39. The lowest BCUT2D eigenvalue weighted by molar-refractivity contribution is 0.00578. The van der Waals surface area contributed by atoms with Crippen LogP contribution in [0, 0.1) is 0 Å². The maximum absolute atomic E-state index is 13.8. The van der Waals surface area contributed by atoms with E-state index in [0.717, 1.165) is 6.08 Å². The molecule has 1 heterocycles. The second-order valence-corrected chi connectivity index (χ2v) is 6.61. The van der Waals surface area contributed by atoms with E-state index in [1.165, 1.54) is 6.08 Å². The van der Waals surface area contributed by atoms with E-state index in [4.69, 9.17) is 19.8 Å². The van der Waals surface area contributed by atoms with Crippen molar-refractivity contribution < 1.29 is 18.4 Å². The molecule has 6 heteroatoms. The van der Waals surface area contributed by atoms with Crippen LogP contribution in [0.4, 0.5) is 10.1 Å². The summed E-state index contributed by atoms with van der Waals surface area (Å²) >= 11 is 0. The van der Waals surface area contributed by atoms with Crippen molar-refractivity contribution in [2.75, 3.05) is 5.73 Å². The zero-order valence-corrected chi connectivity index (χ0v) is 14.6. The van der Waals surface area contributed by atoms with E-state index in [1.54, 1.807) is 18.2 Å². The minimum atomic E-state index is -0.675. The van der Waals surface area contributed by atoms with E-state index in [9.17, 15) is 4.39 Å². The summed E-state index contributed by atoms with van der Waals surface area (Å²) in [4.78, 5) is 0. The third-order valence-electron chi connectivity index (χ3n) is 4.36. The van der Waals surface area contributed by atoms with Crippen molar-refractivity contribution in [1.82, 2.24) is 0 Å². The van der Waals surface area contributed by atoms with E-state index in [2.05, 4.69) is 13.2 Å². The summed E-state index contributed by atoms with van der Waals surface area (Å²) in [5.74, 6) is -0.260. The SMILES string of the molecule is C=C/C(F)=C(\C=C)Oc1ccc(N)cc1B1OC(C)(C)C(C)(C)O1. The van der Waals surface area contributed by atoms with Crippen LogP contribution in [0.2, 0.25) is 0 Å². The summed E-state index contributed by atoms with van der Waals surface area (Å²) in [7, 11) is -0.675. The predicted molar refractivity (Wildman–Crippen MR) is 95.7 cm³/mol. The van der Waals surface area contributed by atoms with Crippen LogP contribution >= 0.6 is 0 Å². The van der Waals surface area contributed by atoms with Gasteiger partial charge in [-0.25, -0.2) is 4.39 Å². The first-order valence-corrected chi connectivity index (χ1v) is 7.69. The number of nitrogen functional groups attached to an aromatic ring is 1. The monoisotopic (exact) mass is 331 g/mol. The van der Waals surface area contributed by atoms with E-state index in [-0.39, 0.29) is 5.76 Å². The molecule has 1 aromatic carbocycles. The van der Waals surface area contributed by atoms with Crippen LogP contribution in [0.1, 0.15) is 27.7 Å². The molecule has 128 valence electrons. The van der Waals surface area contributed by atoms with Crippen LogP contribution in [0.25, 0.3) is 0 Å². The minimum absolute atomic E-state index is 0.0347. The Balaban J connectivity index is 2.43. The Kier molecular flexibility index (Phi) is 4.92. The number of hydrogen-bond donors (Lipinski definition) is 1. The zero-order valence-electron chi connectivity index (χ0n) is 14.6. The molecule has 0 saturated carbocycles. The largest absolute Gasteiger partial charge is 0.498 e. The molecule has 0 radical (unpaired) electrons. The lowest BCUT2D eigenvalue weighted by atomic mass is 9.78. The summed E-state index contributed by atoms with van der Waals surface area (Å²) in [6.07, 6.45) is 2.34. The average molecular weight is 331 g/mol. The van der Waals surface area contributed by atoms with E-state index >= 15 is 0 Å². The Labute approximate surface area is 142 Å². The topological polar surface area (TPSA) is 53.7 Å². The molecule has 2 N–H and O–H groups in total. The van der Waals surface area contributed by atoms with Crippen LogP contribution in [0.5, 0.6) is 5.75 Å². The molecule has 0 amide bonds. The summed E-state index contributed by atoms with van der Waals surface area (Å²) in [6.45, 7) is 14.8. The first-order chi connectivity index (χ1) is 11.1.